The molecule has 1 aromatic carbocycles. The molecule has 3 atom stereocenters. The van der Waals surface area contributed by atoms with Gasteiger partial charge in [0, 0.05) is 12.0 Å². The van der Waals surface area contributed by atoms with Gasteiger partial charge in [0.05, 0.1) is 12.8 Å². The SMILES string of the molecule is C[C@H](NC(=O)N[C@@H]1C[C@@H]1c1ccccc1)C(=O)NCc1ccco1. The van der Waals surface area contributed by atoms with Crippen LogP contribution in [-0.4, -0.2) is 24.0 Å². The van der Waals surface area contributed by atoms with Crippen LogP contribution in [0.25, 0.3) is 0 Å². The normalized spacial score (nSPS) is 20.0. The maximum atomic E-state index is 12.0. The fraction of sp³-hybridized carbons (Fsp3) is 0.333. The van der Waals surface area contributed by atoms with Gasteiger partial charge in [-0.1, -0.05) is 30.3 Å². The van der Waals surface area contributed by atoms with Crippen LogP contribution >= 0.6 is 0 Å². The maximum Gasteiger partial charge on any atom is 0.315 e. The van der Waals surface area contributed by atoms with Crippen LogP contribution in [0.1, 0.15) is 30.6 Å². The molecule has 24 heavy (non-hydrogen) atoms. The highest BCUT2D eigenvalue weighted by Gasteiger charge is 2.39. The summed E-state index contributed by atoms with van der Waals surface area (Å²) >= 11 is 0. The molecule has 3 rings (SSSR count). The molecule has 0 radical (unpaired) electrons. The van der Waals surface area contributed by atoms with Gasteiger partial charge in [0.15, 0.2) is 0 Å². The van der Waals surface area contributed by atoms with Crippen molar-refractivity contribution < 1.29 is 14.0 Å². The number of benzene rings is 1. The van der Waals surface area contributed by atoms with Crippen molar-refractivity contribution in [2.24, 2.45) is 0 Å². The third-order valence-corrected chi connectivity index (χ3v) is 4.09. The van der Waals surface area contributed by atoms with Gasteiger partial charge >= 0.3 is 6.03 Å². The van der Waals surface area contributed by atoms with E-state index in [2.05, 4.69) is 28.1 Å². The molecule has 2 aromatic rings. The number of hydrogen-bond donors (Lipinski definition) is 3. The van der Waals surface area contributed by atoms with Gasteiger partial charge < -0.3 is 20.4 Å². The molecule has 0 unspecified atom stereocenters. The highest BCUT2D eigenvalue weighted by Crippen LogP contribution is 2.40. The van der Waals surface area contributed by atoms with Gasteiger partial charge in [0.1, 0.15) is 11.8 Å². The topological polar surface area (TPSA) is 83.4 Å². The first-order valence-corrected chi connectivity index (χ1v) is 8.05. The lowest BCUT2D eigenvalue weighted by Gasteiger charge is -2.14. The molecule has 3 N–H and O–H groups in total. The van der Waals surface area contributed by atoms with E-state index in [1.165, 1.54) is 5.56 Å². The van der Waals surface area contributed by atoms with Gasteiger partial charge in [-0.3, -0.25) is 4.79 Å². The van der Waals surface area contributed by atoms with Crippen LogP contribution in [-0.2, 0) is 11.3 Å². The van der Waals surface area contributed by atoms with Crippen LogP contribution in [0.5, 0.6) is 0 Å². The second-order valence-electron chi connectivity index (χ2n) is 6.00. The fourth-order valence-corrected chi connectivity index (χ4v) is 2.64. The molecule has 1 aliphatic rings. The van der Waals surface area contributed by atoms with Crippen molar-refractivity contribution in [2.75, 3.05) is 0 Å². The molecule has 0 aliphatic heterocycles. The van der Waals surface area contributed by atoms with Crippen molar-refractivity contribution in [1.82, 2.24) is 16.0 Å². The highest BCUT2D eigenvalue weighted by atomic mass is 16.3. The van der Waals surface area contributed by atoms with E-state index < -0.39 is 6.04 Å². The first-order valence-electron chi connectivity index (χ1n) is 8.05. The molecular formula is C18H21N3O3. The van der Waals surface area contributed by atoms with Crippen molar-refractivity contribution in [1.29, 1.82) is 0 Å². The molecule has 0 saturated heterocycles. The minimum atomic E-state index is -0.617. The number of furan rings is 1. The Labute approximate surface area is 140 Å². The lowest BCUT2D eigenvalue weighted by molar-refractivity contribution is -0.122. The van der Waals surface area contributed by atoms with Gasteiger partial charge in [-0.15, -0.1) is 0 Å². The van der Waals surface area contributed by atoms with E-state index in [9.17, 15) is 9.59 Å². The second kappa shape index (κ2) is 7.21. The summed E-state index contributed by atoms with van der Waals surface area (Å²) in [5, 5.41) is 8.29. The summed E-state index contributed by atoms with van der Waals surface area (Å²) in [6, 6.07) is 12.8. The number of amides is 3. The molecule has 3 amide bonds. The molecule has 1 saturated carbocycles. The van der Waals surface area contributed by atoms with Gasteiger partial charge in [0.2, 0.25) is 5.91 Å². The Balaban J connectivity index is 1.39. The Morgan fingerprint density at radius 3 is 2.71 bits per heavy atom. The van der Waals surface area contributed by atoms with Crippen LogP contribution < -0.4 is 16.0 Å². The Morgan fingerprint density at radius 1 is 1.21 bits per heavy atom. The lowest BCUT2D eigenvalue weighted by atomic mass is 10.1. The number of rotatable bonds is 6. The minimum absolute atomic E-state index is 0.130. The summed E-state index contributed by atoms with van der Waals surface area (Å²) < 4.78 is 5.15. The lowest BCUT2D eigenvalue weighted by Crippen LogP contribution is -2.48. The van der Waals surface area contributed by atoms with E-state index in [0.29, 0.717) is 18.2 Å². The molecule has 1 aromatic heterocycles. The molecule has 126 valence electrons. The monoisotopic (exact) mass is 327 g/mol. The summed E-state index contributed by atoms with van der Waals surface area (Å²) in [6.45, 7) is 1.96. The summed E-state index contributed by atoms with van der Waals surface area (Å²) in [6.07, 6.45) is 2.48. The van der Waals surface area contributed by atoms with E-state index in [1.807, 2.05) is 18.2 Å². The van der Waals surface area contributed by atoms with Crippen LogP contribution in [0.4, 0.5) is 4.79 Å². The molecule has 6 nitrogen and oxygen atoms in total. The standard InChI is InChI=1S/C18H21N3O3/c1-12(17(22)19-11-14-8-5-9-24-14)20-18(23)21-16-10-15(16)13-6-3-2-4-7-13/h2-9,12,15-16H,10-11H2,1H3,(H,19,22)(H2,20,21,23)/t12-,15+,16+/m0/s1. The number of hydrogen-bond acceptors (Lipinski definition) is 3. The molecule has 6 heteroatoms. The van der Waals surface area contributed by atoms with Gasteiger partial charge in [-0.05, 0) is 31.0 Å². The van der Waals surface area contributed by atoms with E-state index >= 15 is 0 Å². The Morgan fingerprint density at radius 2 is 2.00 bits per heavy atom. The molecule has 1 fully saturated rings. The number of urea groups is 1. The van der Waals surface area contributed by atoms with Gasteiger partial charge in [-0.2, -0.15) is 0 Å². The summed E-state index contributed by atoms with van der Waals surface area (Å²) in [4.78, 5) is 24.0. The third-order valence-electron chi connectivity index (χ3n) is 4.09. The summed E-state index contributed by atoms with van der Waals surface area (Å²) in [7, 11) is 0. The van der Waals surface area contributed by atoms with Gasteiger partial charge in [-0.25, -0.2) is 4.79 Å². The zero-order valence-electron chi connectivity index (χ0n) is 13.5. The van der Waals surface area contributed by atoms with Crippen molar-refractivity contribution in [2.45, 2.75) is 37.9 Å². The maximum absolute atomic E-state index is 12.0. The first-order chi connectivity index (χ1) is 11.6. The second-order valence-corrected chi connectivity index (χ2v) is 6.00. The average Bonchev–Trinajstić information content (AvgIpc) is 3.14. The van der Waals surface area contributed by atoms with E-state index in [0.717, 1.165) is 6.42 Å². The predicted octanol–water partition coefficient (Wildman–Crippen LogP) is 2.14. The Hall–Kier alpha value is -2.76. The summed E-state index contributed by atoms with van der Waals surface area (Å²) in [5.74, 6) is 0.778. The Bertz CT molecular complexity index is 685. The van der Waals surface area contributed by atoms with Crippen LogP contribution in [0.2, 0.25) is 0 Å². The smallest absolute Gasteiger partial charge is 0.315 e. The fourth-order valence-electron chi connectivity index (χ4n) is 2.64. The predicted molar refractivity (Wildman–Crippen MR) is 89.3 cm³/mol. The average molecular weight is 327 g/mol. The summed E-state index contributed by atoms with van der Waals surface area (Å²) in [5.41, 5.74) is 1.23. The quantitative estimate of drug-likeness (QED) is 0.760. The number of carbonyl (C=O) groups excluding carboxylic acids is 2. The zero-order valence-corrected chi connectivity index (χ0v) is 13.5. The zero-order chi connectivity index (χ0) is 16.9. The van der Waals surface area contributed by atoms with Crippen molar-refractivity contribution >= 4 is 11.9 Å². The van der Waals surface area contributed by atoms with Crippen molar-refractivity contribution in [3.8, 4) is 0 Å². The molecule has 1 heterocycles. The van der Waals surface area contributed by atoms with E-state index in [-0.39, 0.29) is 18.0 Å². The molecular weight excluding hydrogens is 306 g/mol. The number of nitrogens with one attached hydrogen (secondary N) is 3. The molecule has 0 spiro atoms. The first kappa shape index (κ1) is 16.1. The Kier molecular flexibility index (Phi) is 4.84. The largest absolute Gasteiger partial charge is 0.467 e. The molecule has 0 bridgehead atoms. The van der Waals surface area contributed by atoms with Gasteiger partial charge in [0.25, 0.3) is 0 Å². The highest BCUT2D eigenvalue weighted by molar-refractivity contribution is 5.86. The van der Waals surface area contributed by atoms with Crippen molar-refractivity contribution in [3.05, 3.63) is 60.1 Å². The third kappa shape index (κ3) is 4.16. The van der Waals surface area contributed by atoms with Crippen LogP contribution in [0.3, 0.4) is 0 Å². The van der Waals surface area contributed by atoms with Crippen LogP contribution in [0, 0.1) is 0 Å². The minimum Gasteiger partial charge on any atom is -0.467 e. The molecule has 1 aliphatic carbocycles. The van der Waals surface area contributed by atoms with E-state index in [4.69, 9.17) is 4.42 Å². The van der Waals surface area contributed by atoms with Crippen LogP contribution in [0.15, 0.2) is 53.1 Å². The van der Waals surface area contributed by atoms with Crippen molar-refractivity contribution in [3.63, 3.8) is 0 Å². The van der Waals surface area contributed by atoms with E-state index in [1.54, 1.807) is 25.3 Å². The number of carbonyl (C=O) groups is 2.